The van der Waals surface area contributed by atoms with Gasteiger partial charge in [-0.2, -0.15) is 5.10 Å². The van der Waals surface area contributed by atoms with Crippen LogP contribution in [0.3, 0.4) is 0 Å². The fraction of sp³-hybridized carbons (Fsp3) is 0.312. The third-order valence-electron chi connectivity index (χ3n) is 3.43. The molecular weight excluding hydrogens is 266 g/mol. The summed E-state index contributed by atoms with van der Waals surface area (Å²) in [6.07, 6.45) is 4.89. The van der Waals surface area contributed by atoms with Crippen LogP contribution in [0, 0.1) is 0 Å². The van der Waals surface area contributed by atoms with Gasteiger partial charge in [0, 0.05) is 18.6 Å². The minimum absolute atomic E-state index is 0.706. The number of rotatable bonds is 6. The second-order valence-electron chi connectivity index (χ2n) is 5.04. The molecule has 1 N–H and O–H groups in total. The number of aryl methyl sites for hydroxylation is 1. The number of fused-ring (bicyclic) bond motifs is 1. The van der Waals surface area contributed by atoms with E-state index in [9.17, 15) is 0 Å². The summed E-state index contributed by atoms with van der Waals surface area (Å²) in [4.78, 5) is 0. The maximum atomic E-state index is 5.84. The lowest BCUT2D eigenvalue weighted by Gasteiger charge is -2.01. The zero-order valence-electron chi connectivity index (χ0n) is 12.3. The van der Waals surface area contributed by atoms with Crippen molar-refractivity contribution in [2.45, 2.75) is 13.0 Å². The van der Waals surface area contributed by atoms with E-state index in [-0.39, 0.29) is 0 Å². The number of hydrogen-bond donors (Lipinski definition) is 1. The lowest BCUT2D eigenvalue weighted by Crippen LogP contribution is -2.16. The number of benzene rings is 1. The van der Waals surface area contributed by atoms with Crippen LogP contribution in [-0.2, 0) is 20.0 Å². The highest BCUT2D eigenvalue weighted by atomic mass is 16.5. The van der Waals surface area contributed by atoms with Crippen LogP contribution < -0.4 is 10.1 Å². The highest BCUT2D eigenvalue weighted by Crippen LogP contribution is 2.28. The van der Waals surface area contributed by atoms with Crippen molar-refractivity contribution >= 4 is 11.0 Å². The number of furan rings is 1. The number of hydrogen-bond acceptors (Lipinski definition) is 4. The smallest absolute Gasteiger partial charge is 0.176 e. The van der Waals surface area contributed by atoms with Crippen LogP contribution in [0.2, 0.25) is 0 Å². The van der Waals surface area contributed by atoms with Gasteiger partial charge in [0.25, 0.3) is 0 Å². The van der Waals surface area contributed by atoms with Gasteiger partial charge in [-0.25, -0.2) is 0 Å². The highest BCUT2D eigenvalue weighted by Gasteiger charge is 2.08. The van der Waals surface area contributed by atoms with Gasteiger partial charge in [0.15, 0.2) is 11.3 Å². The average Bonchev–Trinajstić information content (AvgIpc) is 3.08. The summed E-state index contributed by atoms with van der Waals surface area (Å²) >= 11 is 0. The summed E-state index contributed by atoms with van der Waals surface area (Å²) in [5.41, 5.74) is 2.04. The molecule has 0 unspecified atom stereocenters. The summed E-state index contributed by atoms with van der Waals surface area (Å²) in [5.74, 6) is 1.69. The zero-order valence-corrected chi connectivity index (χ0v) is 12.3. The summed E-state index contributed by atoms with van der Waals surface area (Å²) < 4.78 is 13.0. The fourth-order valence-corrected chi connectivity index (χ4v) is 2.38. The first-order chi connectivity index (χ1) is 10.3. The van der Waals surface area contributed by atoms with Gasteiger partial charge in [-0.3, -0.25) is 4.68 Å². The van der Waals surface area contributed by atoms with Crippen molar-refractivity contribution < 1.29 is 9.15 Å². The van der Waals surface area contributed by atoms with Crippen molar-refractivity contribution in [3.05, 3.63) is 48.0 Å². The summed E-state index contributed by atoms with van der Waals surface area (Å²) in [5, 5.41) is 8.61. The molecule has 0 spiro atoms. The third kappa shape index (κ3) is 3.08. The van der Waals surface area contributed by atoms with Crippen LogP contribution in [0.15, 0.2) is 41.1 Å². The molecule has 1 aromatic carbocycles. The Morgan fingerprint density at radius 3 is 3.05 bits per heavy atom. The van der Waals surface area contributed by atoms with Crippen molar-refractivity contribution in [1.82, 2.24) is 15.1 Å². The van der Waals surface area contributed by atoms with Crippen LogP contribution in [-0.4, -0.2) is 23.4 Å². The molecular formula is C16H19N3O2. The van der Waals surface area contributed by atoms with E-state index >= 15 is 0 Å². The molecule has 0 fully saturated rings. The number of aromatic nitrogens is 2. The minimum atomic E-state index is 0.706. The van der Waals surface area contributed by atoms with Crippen LogP contribution >= 0.6 is 0 Å². The van der Waals surface area contributed by atoms with Gasteiger partial charge in [-0.1, -0.05) is 12.1 Å². The van der Waals surface area contributed by atoms with E-state index in [0.717, 1.165) is 35.4 Å². The maximum absolute atomic E-state index is 5.84. The Kier molecular flexibility index (Phi) is 3.92. The molecule has 21 heavy (non-hydrogen) atoms. The number of methoxy groups -OCH3 is 1. The minimum Gasteiger partial charge on any atom is -0.493 e. The largest absolute Gasteiger partial charge is 0.493 e. The number of nitrogens with one attached hydrogen (secondary N) is 1. The summed E-state index contributed by atoms with van der Waals surface area (Å²) in [7, 11) is 3.59. The number of nitrogens with zero attached hydrogens (tertiary/aromatic N) is 2. The Bertz CT molecular complexity index is 730. The van der Waals surface area contributed by atoms with E-state index in [4.69, 9.17) is 9.15 Å². The van der Waals surface area contributed by atoms with E-state index in [0.29, 0.717) is 6.54 Å². The standard InChI is InChI=1S/C16H19N3O2/c1-19-11-12(9-18-19)6-7-17-10-14-8-13-4-3-5-15(20-2)16(13)21-14/h3-5,8-9,11,17H,6-7,10H2,1-2H3. The number of para-hydroxylation sites is 1. The van der Waals surface area contributed by atoms with E-state index in [1.807, 2.05) is 42.3 Å². The molecule has 2 heterocycles. The molecule has 3 rings (SSSR count). The lowest BCUT2D eigenvalue weighted by molar-refractivity contribution is 0.406. The first-order valence-electron chi connectivity index (χ1n) is 7.00. The SMILES string of the molecule is COc1cccc2cc(CNCCc3cnn(C)c3)oc12. The van der Waals surface area contributed by atoms with Gasteiger partial charge >= 0.3 is 0 Å². The quantitative estimate of drug-likeness (QED) is 0.707. The fourth-order valence-electron chi connectivity index (χ4n) is 2.38. The normalized spacial score (nSPS) is 11.1. The molecule has 5 nitrogen and oxygen atoms in total. The molecule has 0 saturated carbocycles. The Balaban J connectivity index is 1.58. The van der Waals surface area contributed by atoms with E-state index in [1.165, 1.54) is 5.56 Å². The van der Waals surface area contributed by atoms with Crippen LogP contribution in [0.25, 0.3) is 11.0 Å². The molecule has 0 atom stereocenters. The van der Waals surface area contributed by atoms with Gasteiger partial charge in [0.2, 0.25) is 0 Å². The molecule has 0 aliphatic heterocycles. The molecule has 5 heteroatoms. The van der Waals surface area contributed by atoms with Crippen molar-refractivity contribution in [2.75, 3.05) is 13.7 Å². The van der Waals surface area contributed by atoms with Crippen LogP contribution in [0.1, 0.15) is 11.3 Å². The maximum Gasteiger partial charge on any atom is 0.176 e. The predicted molar refractivity (Wildman–Crippen MR) is 81.4 cm³/mol. The van der Waals surface area contributed by atoms with Crippen molar-refractivity contribution in [2.24, 2.45) is 7.05 Å². The summed E-state index contributed by atoms with van der Waals surface area (Å²) in [6, 6.07) is 7.96. The Morgan fingerprint density at radius 2 is 2.29 bits per heavy atom. The molecule has 3 aromatic rings. The molecule has 110 valence electrons. The molecule has 0 bridgehead atoms. The Labute approximate surface area is 123 Å². The zero-order chi connectivity index (χ0) is 14.7. The molecule has 0 aliphatic carbocycles. The van der Waals surface area contributed by atoms with Gasteiger partial charge in [-0.05, 0) is 30.7 Å². The summed E-state index contributed by atoms with van der Waals surface area (Å²) in [6.45, 7) is 1.60. The second-order valence-corrected chi connectivity index (χ2v) is 5.04. The van der Waals surface area contributed by atoms with Gasteiger partial charge in [-0.15, -0.1) is 0 Å². The Hall–Kier alpha value is -2.27. The van der Waals surface area contributed by atoms with Crippen LogP contribution in [0.5, 0.6) is 5.75 Å². The van der Waals surface area contributed by atoms with E-state index < -0.39 is 0 Å². The third-order valence-corrected chi connectivity index (χ3v) is 3.43. The van der Waals surface area contributed by atoms with Crippen molar-refractivity contribution in [1.29, 1.82) is 0 Å². The lowest BCUT2D eigenvalue weighted by atomic mass is 10.2. The van der Waals surface area contributed by atoms with Gasteiger partial charge in [0.1, 0.15) is 5.76 Å². The molecule has 2 aromatic heterocycles. The molecule has 0 amide bonds. The van der Waals surface area contributed by atoms with E-state index in [1.54, 1.807) is 7.11 Å². The first kappa shape index (κ1) is 13.7. The Morgan fingerprint density at radius 1 is 1.38 bits per heavy atom. The molecule has 0 aliphatic rings. The molecule has 0 saturated heterocycles. The monoisotopic (exact) mass is 285 g/mol. The van der Waals surface area contributed by atoms with Crippen LogP contribution in [0.4, 0.5) is 0 Å². The van der Waals surface area contributed by atoms with Crippen molar-refractivity contribution in [3.63, 3.8) is 0 Å². The van der Waals surface area contributed by atoms with Gasteiger partial charge < -0.3 is 14.5 Å². The topological polar surface area (TPSA) is 52.2 Å². The van der Waals surface area contributed by atoms with E-state index in [2.05, 4.69) is 16.5 Å². The van der Waals surface area contributed by atoms with Gasteiger partial charge in [0.05, 0.1) is 19.9 Å². The second kappa shape index (κ2) is 6.01. The van der Waals surface area contributed by atoms with Crippen molar-refractivity contribution in [3.8, 4) is 5.75 Å². The first-order valence-corrected chi connectivity index (χ1v) is 7.00. The predicted octanol–water partition coefficient (Wildman–Crippen LogP) is 2.51. The molecule has 0 radical (unpaired) electrons. The number of ether oxygens (including phenoxy) is 1. The average molecular weight is 285 g/mol. The highest BCUT2D eigenvalue weighted by molar-refractivity contribution is 5.83.